The van der Waals surface area contributed by atoms with Crippen LogP contribution in [0.3, 0.4) is 0 Å². The minimum atomic E-state index is -1.04. The summed E-state index contributed by atoms with van der Waals surface area (Å²) in [7, 11) is 0. The van der Waals surface area contributed by atoms with Gasteiger partial charge in [-0.1, -0.05) is 55.0 Å². The molecular weight excluding hydrogens is 364 g/mol. The number of nitrogens with one attached hydrogen (secondary N) is 1. The Morgan fingerprint density at radius 2 is 1.69 bits per heavy atom. The Bertz CT molecular complexity index is 995. The fourth-order valence-electron chi connectivity index (χ4n) is 3.08. The predicted octanol–water partition coefficient (Wildman–Crippen LogP) is 4.21. The number of aromatic carboxylic acids is 1. The molecule has 3 aromatic rings. The van der Waals surface area contributed by atoms with Gasteiger partial charge in [0.15, 0.2) is 0 Å². The van der Waals surface area contributed by atoms with E-state index in [4.69, 9.17) is 5.11 Å². The Morgan fingerprint density at radius 3 is 2.34 bits per heavy atom. The summed E-state index contributed by atoms with van der Waals surface area (Å²) in [6, 6.07) is 20.6. The molecule has 0 aliphatic heterocycles. The molecule has 0 aliphatic carbocycles. The molecule has 148 valence electrons. The van der Waals surface area contributed by atoms with Crippen LogP contribution in [0.15, 0.2) is 66.7 Å². The van der Waals surface area contributed by atoms with E-state index in [-0.39, 0.29) is 17.5 Å². The second-order valence-electron chi connectivity index (χ2n) is 7.09. The van der Waals surface area contributed by atoms with Gasteiger partial charge in [-0.05, 0) is 48.7 Å². The number of aromatic nitrogens is 1. The van der Waals surface area contributed by atoms with Gasteiger partial charge in [0.25, 0.3) is 5.91 Å². The molecule has 1 amide bonds. The molecule has 0 fully saturated rings. The number of carboxylic acids is 1. The van der Waals surface area contributed by atoms with Gasteiger partial charge >= 0.3 is 5.97 Å². The van der Waals surface area contributed by atoms with E-state index in [1.807, 2.05) is 25.1 Å². The first-order valence-electron chi connectivity index (χ1n) is 9.58. The number of carbonyl (C=O) groups is 2. The van der Waals surface area contributed by atoms with Crippen LogP contribution in [0.1, 0.15) is 56.1 Å². The molecule has 0 saturated heterocycles. The molecule has 5 heteroatoms. The largest absolute Gasteiger partial charge is 0.477 e. The molecule has 1 heterocycles. The lowest BCUT2D eigenvalue weighted by Gasteiger charge is -2.13. The quantitative estimate of drug-likeness (QED) is 0.635. The van der Waals surface area contributed by atoms with Crippen molar-refractivity contribution >= 4 is 11.9 Å². The van der Waals surface area contributed by atoms with Gasteiger partial charge in [0.05, 0.1) is 0 Å². The molecule has 3 rings (SSSR count). The highest BCUT2D eigenvalue weighted by Gasteiger charge is 2.14. The second-order valence-corrected chi connectivity index (χ2v) is 7.09. The minimum Gasteiger partial charge on any atom is -0.477 e. The van der Waals surface area contributed by atoms with Gasteiger partial charge in [-0.25, -0.2) is 9.78 Å². The monoisotopic (exact) mass is 388 g/mol. The number of hydrogen-bond acceptors (Lipinski definition) is 3. The maximum absolute atomic E-state index is 12.4. The average Bonchev–Trinajstić information content (AvgIpc) is 2.74. The zero-order valence-electron chi connectivity index (χ0n) is 16.6. The van der Waals surface area contributed by atoms with E-state index in [1.54, 1.807) is 18.2 Å². The Labute approximate surface area is 170 Å². The number of pyridine rings is 1. The van der Waals surface area contributed by atoms with E-state index in [9.17, 15) is 9.59 Å². The second kappa shape index (κ2) is 9.15. The third kappa shape index (κ3) is 5.29. The summed E-state index contributed by atoms with van der Waals surface area (Å²) in [6.07, 6.45) is 0.784. The smallest absolute Gasteiger partial charge is 0.354 e. The minimum absolute atomic E-state index is 0.0268. The molecule has 0 aliphatic rings. The highest BCUT2D eigenvalue weighted by molar-refractivity contribution is 5.94. The van der Waals surface area contributed by atoms with Crippen LogP contribution in [-0.4, -0.2) is 28.5 Å². The Morgan fingerprint density at radius 1 is 1.00 bits per heavy atom. The lowest BCUT2D eigenvalue weighted by atomic mass is 9.96. The number of nitrogens with zero attached hydrogens (tertiary/aromatic N) is 1. The number of rotatable bonds is 7. The van der Waals surface area contributed by atoms with E-state index in [0.29, 0.717) is 17.8 Å². The Kier molecular flexibility index (Phi) is 6.39. The molecule has 2 aromatic carbocycles. The van der Waals surface area contributed by atoms with Crippen LogP contribution in [0.2, 0.25) is 0 Å². The maximum Gasteiger partial charge on any atom is 0.354 e. The third-order valence-electron chi connectivity index (χ3n) is 4.93. The fraction of sp³-hybridized carbons (Fsp3) is 0.208. The van der Waals surface area contributed by atoms with Crippen molar-refractivity contribution in [1.82, 2.24) is 10.3 Å². The molecule has 0 spiro atoms. The van der Waals surface area contributed by atoms with E-state index in [2.05, 4.69) is 41.5 Å². The molecule has 29 heavy (non-hydrogen) atoms. The summed E-state index contributed by atoms with van der Waals surface area (Å²) < 4.78 is 0. The van der Waals surface area contributed by atoms with Crippen molar-refractivity contribution in [3.63, 3.8) is 0 Å². The van der Waals surface area contributed by atoms with E-state index in [1.165, 1.54) is 17.2 Å². The van der Waals surface area contributed by atoms with Crippen LogP contribution in [0.4, 0.5) is 0 Å². The number of aryl methyl sites for hydroxylation is 1. The van der Waals surface area contributed by atoms with Gasteiger partial charge in [-0.2, -0.15) is 0 Å². The van der Waals surface area contributed by atoms with Crippen LogP contribution in [0.5, 0.6) is 0 Å². The highest BCUT2D eigenvalue weighted by Crippen LogP contribution is 2.23. The first-order valence-corrected chi connectivity index (χ1v) is 9.58. The van der Waals surface area contributed by atoms with Crippen molar-refractivity contribution in [1.29, 1.82) is 0 Å². The summed E-state index contributed by atoms with van der Waals surface area (Å²) in [6.45, 7) is 4.59. The number of benzene rings is 2. The molecule has 1 atom stereocenters. The number of carboxylic acid groups (broad SMARTS) is 1. The first-order chi connectivity index (χ1) is 13.9. The number of carbonyl (C=O) groups excluding carboxylic acids is 1. The van der Waals surface area contributed by atoms with Crippen LogP contribution >= 0.6 is 0 Å². The third-order valence-corrected chi connectivity index (χ3v) is 4.93. The van der Waals surface area contributed by atoms with Gasteiger partial charge in [0, 0.05) is 23.7 Å². The van der Waals surface area contributed by atoms with Gasteiger partial charge in [0.1, 0.15) is 5.69 Å². The van der Waals surface area contributed by atoms with Crippen molar-refractivity contribution in [2.75, 3.05) is 6.54 Å². The fourth-order valence-corrected chi connectivity index (χ4v) is 3.08. The normalized spacial score (nSPS) is 11.7. The van der Waals surface area contributed by atoms with E-state index < -0.39 is 5.97 Å². The molecule has 2 N–H and O–H groups in total. The number of hydrogen-bond donors (Lipinski definition) is 2. The lowest BCUT2D eigenvalue weighted by Crippen LogP contribution is -2.25. The van der Waals surface area contributed by atoms with Gasteiger partial charge in [-0.3, -0.25) is 4.79 Å². The maximum atomic E-state index is 12.4. The summed E-state index contributed by atoms with van der Waals surface area (Å²) >= 11 is 0. The molecule has 0 radical (unpaired) electrons. The van der Waals surface area contributed by atoms with Crippen molar-refractivity contribution < 1.29 is 14.7 Å². The molecule has 1 aromatic heterocycles. The Hall–Kier alpha value is -3.47. The first kappa shape index (κ1) is 20.3. The highest BCUT2D eigenvalue weighted by atomic mass is 16.4. The van der Waals surface area contributed by atoms with Gasteiger partial charge in [-0.15, -0.1) is 0 Å². The lowest BCUT2D eigenvalue weighted by molar-refractivity contribution is 0.0690. The molecule has 1 unspecified atom stereocenters. The standard InChI is InChI=1S/C24H24N2O3/c1-16-6-8-18(9-7-16)14-15-25-23(27)20-12-10-19(11-13-20)17(2)21-4-3-5-22(26-21)24(28)29/h3-13,17H,14-15H2,1-2H3,(H,25,27)(H,28,29). The average molecular weight is 388 g/mol. The summed E-state index contributed by atoms with van der Waals surface area (Å²) in [5.41, 5.74) is 4.68. The molecule has 0 saturated carbocycles. The molecule has 5 nitrogen and oxygen atoms in total. The predicted molar refractivity (Wildman–Crippen MR) is 112 cm³/mol. The molecular formula is C24H24N2O3. The van der Waals surface area contributed by atoms with Crippen LogP contribution in [-0.2, 0) is 6.42 Å². The zero-order valence-corrected chi connectivity index (χ0v) is 16.6. The topological polar surface area (TPSA) is 79.3 Å². The van der Waals surface area contributed by atoms with Crippen molar-refractivity contribution in [2.24, 2.45) is 0 Å². The Balaban J connectivity index is 1.60. The SMILES string of the molecule is Cc1ccc(CCNC(=O)c2ccc(C(C)c3cccc(C(=O)O)n3)cc2)cc1. The summed E-state index contributed by atoms with van der Waals surface area (Å²) in [4.78, 5) is 27.7. The van der Waals surface area contributed by atoms with E-state index >= 15 is 0 Å². The molecule has 0 bridgehead atoms. The summed E-state index contributed by atoms with van der Waals surface area (Å²) in [5, 5.41) is 12.1. The van der Waals surface area contributed by atoms with Crippen LogP contribution in [0, 0.1) is 6.92 Å². The van der Waals surface area contributed by atoms with E-state index in [0.717, 1.165) is 12.0 Å². The van der Waals surface area contributed by atoms with Gasteiger partial charge < -0.3 is 10.4 Å². The number of amides is 1. The van der Waals surface area contributed by atoms with Crippen molar-refractivity contribution in [3.05, 3.63) is 100 Å². The van der Waals surface area contributed by atoms with Gasteiger partial charge in [0.2, 0.25) is 0 Å². The van der Waals surface area contributed by atoms with Crippen molar-refractivity contribution in [2.45, 2.75) is 26.2 Å². The van der Waals surface area contributed by atoms with Crippen LogP contribution < -0.4 is 5.32 Å². The summed E-state index contributed by atoms with van der Waals surface area (Å²) in [5.74, 6) is -1.23. The van der Waals surface area contributed by atoms with Crippen molar-refractivity contribution in [3.8, 4) is 0 Å². The zero-order chi connectivity index (χ0) is 20.8. The van der Waals surface area contributed by atoms with Crippen LogP contribution in [0.25, 0.3) is 0 Å².